The number of fused-ring (bicyclic) bond motifs is 1. The first-order valence-corrected chi connectivity index (χ1v) is 6.99. The van der Waals surface area contributed by atoms with E-state index < -0.39 is 0 Å². The van der Waals surface area contributed by atoms with Crippen molar-refractivity contribution in [2.45, 2.75) is 6.92 Å². The highest BCUT2D eigenvalue weighted by atomic mass is 32.1. The number of carbonyl (C=O) groups excluding carboxylic acids is 1. The molecule has 1 N–H and O–H groups in total. The highest BCUT2D eigenvalue weighted by molar-refractivity contribution is 7.12. The van der Waals surface area contributed by atoms with Gasteiger partial charge in [0.1, 0.15) is 11.3 Å². The Labute approximate surface area is 119 Å². The minimum Gasteiger partial charge on any atom is -0.455 e. The molecule has 2 aromatic heterocycles. The molecular formula is C15H12N2O2S. The second-order valence-electron chi connectivity index (χ2n) is 4.26. The third-order valence-electron chi connectivity index (χ3n) is 2.85. The summed E-state index contributed by atoms with van der Waals surface area (Å²) in [6, 6.07) is 13.2. The van der Waals surface area contributed by atoms with Crippen LogP contribution in [0.2, 0.25) is 0 Å². The fourth-order valence-corrected chi connectivity index (χ4v) is 2.43. The van der Waals surface area contributed by atoms with Crippen molar-refractivity contribution in [1.29, 1.82) is 0 Å². The third-order valence-corrected chi connectivity index (χ3v) is 3.72. The first kappa shape index (κ1) is 12.6. The van der Waals surface area contributed by atoms with E-state index in [2.05, 4.69) is 10.5 Å². The molecule has 20 heavy (non-hydrogen) atoms. The molecule has 0 atom stereocenters. The molecule has 0 spiro atoms. The van der Waals surface area contributed by atoms with Crippen LogP contribution in [0, 0.1) is 0 Å². The van der Waals surface area contributed by atoms with Gasteiger partial charge in [-0.2, -0.15) is 5.10 Å². The van der Waals surface area contributed by atoms with Crippen molar-refractivity contribution < 1.29 is 9.21 Å². The fourth-order valence-electron chi connectivity index (χ4n) is 1.81. The van der Waals surface area contributed by atoms with Crippen LogP contribution in [-0.4, -0.2) is 11.6 Å². The molecule has 0 aliphatic carbocycles. The molecule has 0 bridgehead atoms. The summed E-state index contributed by atoms with van der Waals surface area (Å²) >= 11 is 1.38. The maximum absolute atomic E-state index is 11.8. The molecular weight excluding hydrogens is 272 g/mol. The number of amides is 1. The number of benzene rings is 1. The van der Waals surface area contributed by atoms with Crippen molar-refractivity contribution in [1.82, 2.24) is 5.43 Å². The van der Waals surface area contributed by atoms with Gasteiger partial charge in [-0.1, -0.05) is 24.3 Å². The number of hydrogen-bond acceptors (Lipinski definition) is 4. The highest BCUT2D eigenvalue weighted by Crippen LogP contribution is 2.19. The topological polar surface area (TPSA) is 54.6 Å². The molecule has 3 aromatic rings. The molecule has 0 aliphatic heterocycles. The number of carbonyl (C=O) groups is 1. The van der Waals surface area contributed by atoms with Crippen LogP contribution in [0.25, 0.3) is 11.0 Å². The molecule has 1 amide bonds. The van der Waals surface area contributed by atoms with Gasteiger partial charge in [-0.05, 0) is 30.5 Å². The maximum Gasteiger partial charge on any atom is 0.281 e. The Morgan fingerprint density at radius 2 is 2.10 bits per heavy atom. The quantitative estimate of drug-likeness (QED) is 0.589. The summed E-state index contributed by atoms with van der Waals surface area (Å²) in [6.45, 7) is 1.80. The average molecular weight is 284 g/mol. The Hall–Kier alpha value is -2.40. The summed E-state index contributed by atoms with van der Waals surface area (Å²) in [7, 11) is 0. The van der Waals surface area contributed by atoms with Crippen molar-refractivity contribution in [2.75, 3.05) is 0 Å². The molecule has 1 aromatic carbocycles. The van der Waals surface area contributed by atoms with Gasteiger partial charge in [0.2, 0.25) is 0 Å². The average Bonchev–Trinajstić information content (AvgIpc) is 3.12. The van der Waals surface area contributed by atoms with Crippen LogP contribution in [0.5, 0.6) is 0 Å². The zero-order valence-corrected chi connectivity index (χ0v) is 11.6. The highest BCUT2D eigenvalue weighted by Gasteiger charge is 2.08. The lowest BCUT2D eigenvalue weighted by Gasteiger charge is -1.98. The number of thiophene rings is 1. The molecule has 100 valence electrons. The van der Waals surface area contributed by atoms with E-state index in [-0.39, 0.29) is 5.91 Å². The van der Waals surface area contributed by atoms with Crippen LogP contribution >= 0.6 is 11.3 Å². The van der Waals surface area contributed by atoms with E-state index in [0.29, 0.717) is 16.3 Å². The summed E-state index contributed by atoms with van der Waals surface area (Å²) in [5, 5.41) is 6.94. The van der Waals surface area contributed by atoms with E-state index in [1.54, 1.807) is 13.0 Å². The second kappa shape index (κ2) is 5.30. The molecule has 5 heteroatoms. The van der Waals surface area contributed by atoms with Crippen molar-refractivity contribution in [2.24, 2.45) is 5.10 Å². The summed E-state index contributed by atoms with van der Waals surface area (Å²) in [5.74, 6) is 0.438. The first-order chi connectivity index (χ1) is 9.74. The zero-order valence-electron chi connectivity index (χ0n) is 10.8. The summed E-state index contributed by atoms with van der Waals surface area (Å²) in [6.07, 6.45) is 0. The van der Waals surface area contributed by atoms with Crippen LogP contribution in [0.1, 0.15) is 22.4 Å². The zero-order chi connectivity index (χ0) is 13.9. The fraction of sp³-hybridized carbons (Fsp3) is 0.0667. The lowest BCUT2D eigenvalue weighted by atomic mass is 10.2. The van der Waals surface area contributed by atoms with Gasteiger partial charge in [-0.15, -0.1) is 11.3 Å². The Morgan fingerprint density at radius 3 is 2.85 bits per heavy atom. The minimum atomic E-state index is -0.213. The van der Waals surface area contributed by atoms with Crippen molar-refractivity contribution in [3.63, 3.8) is 0 Å². The number of hydrazone groups is 1. The monoisotopic (exact) mass is 284 g/mol. The maximum atomic E-state index is 11.8. The smallest absolute Gasteiger partial charge is 0.281 e. The van der Waals surface area contributed by atoms with Gasteiger partial charge in [-0.3, -0.25) is 4.79 Å². The van der Waals surface area contributed by atoms with E-state index in [4.69, 9.17) is 4.42 Å². The van der Waals surface area contributed by atoms with E-state index >= 15 is 0 Å². The summed E-state index contributed by atoms with van der Waals surface area (Å²) in [5.41, 5.74) is 3.96. The van der Waals surface area contributed by atoms with E-state index in [9.17, 15) is 4.79 Å². The van der Waals surface area contributed by atoms with Gasteiger partial charge in [0, 0.05) is 5.39 Å². The standard InChI is InChI=1S/C15H12N2O2S/c1-10(16-17-15(18)14-7-4-8-20-14)13-9-11-5-2-3-6-12(11)19-13/h2-9H,1H3,(H,17,18)/b16-10-. The van der Waals surface area contributed by atoms with Crippen LogP contribution < -0.4 is 5.43 Å². The third kappa shape index (κ3) is 2.48. The predicted octanol–water partition coefficient (Wildman–Crippen LogP) is 3.65. The van der Waals surface area contributed by atoms with Gasteiger partial charge in [0.15, 0.2) is 5.76 Å². The van der Waals surface area contributed by atoms with Gasteiger partial charge in [0.05, 0.1) is 4.88 Å². The molecule has 0 radical (unpaired) electrons. The van der Waals surface area contributed by atoms with Crippen molar-refractivity contribution in [3.05, 3.63) is 58.5 Å². The SMILES string of the molecule is C/C(=N/NC(=O)c1cccs1)c1cc2ccccc2o1. The van der Waals surface area contributed by atoms with Crippen LogP contribution in [-0.2, 0) is 0 Å². The van der Waals surface area contributed by atoms with E-state index in [0.717, 1.165) is 11.0 Å². The Morgan fingerprint density at radius 1 is 1.25 bits per heavy atom. The molecule has 3 rings (SSSR count). The molecule has 0 unspecified atom stereocenters. The molecule has 0 saturated heterocycles. The minimum absolute atomic E-state index is 0.213. The van der Waals surface area contributed by atoms with Crippen LogP contribution in [0.3, 0.4) is 0 Å². The van der Waals surface area contributed by atoms with Gasteiger partial charge in [-0.25, -0.2) is 5.43 Å². The Bertz CT molecular complexity index is 739. The van der Waals surface area contributed by atoms with Gasteiger partial charge < -0.3 is 4.42 Å². The predicted molar refractivity (Wildman–Crippen MR) is 80.2 cm³/mol. The normalized spacial score (nSPS) is 11.8. The van der Waals surface area contributed by atoms with Crippen LogP contribution in [0.4, 0.5) is 0 Å². The van der Waals surface area contributed by atoms with E-state index in [1.165, 1.54) is 11.3 Å². The second-order valence-corrected chi connectivity index (χ2v) is 5.21. The number of rotatable bonds is 3. The van der Waals surface area contributed by atoms with Gasteiger partial charge in [0.25, 0.3) is 5.91 Å². The lowest BCUT2D eigenvalue weighted by molar-refractivity contribution is 0.0959. The molecule has 0 fully saturated rings. The van der Waals surface area contributed by atoms with Gasteiger partial charge >= 0.3 is 0 Å². The number of nitrogens with one attached hydrogen (secondary N) is 1. The van der Waals surface area contributed by atoms with Crippen molar-refractivity contribution in [3.8, 4) is 0 Å². The molecule has 2 heterocycles. The number of hydrogen-bond donors (Lipinski definition) is 1. The molecule has 0 aliphatic rings. The number of furan rings is 1. The number of para-hydroxylation sites is 1. The van der Waals surface area contributed by atoms with Crippen LogP contribution in [0.15, 0.2) is 57.4 Å². The lowest BCUT2D eigenvalue weighted by Crippen LogP contribution is -2.17. The number of nitrogens with zero attached hydrogens (tertiary/aromatic N) is 1. The first-order valence-electron chi connectivity index (χ1n) is 6.11. The van der Waals surface area contributed by atoms with E-state index in [1.807, 2.05) is 41.8 Å². The Kier molecular flexibility index (Phi) is 3.35. The largest absolute Gasteiger partial charge is 0.455 e. The summed E-state index contributed by atoms with van der Waals surface area (Å²) < 4.78 is 5.67. The molecule has 0 saturated carbocycles. The summed E-state index contributed by atoms with van der Waals surface area (Å²) in [4.78, 5) is 12.4. The molecule has 4 nitrogen and oxygen atoms in total. The van der Waals surface area contributed by atoms with Crippen molar-refractivity contribution >= 4 is 33.9 Å². The Balaban J connectivity index is 1.79.